The fourth-order valence-electron chi connectivity index (χ4n) is 1.53. The summed E-state index contributed by atoms with van der Waals surface area (Å²) in [5.74, 6) is 0.847. The van der Waals surface area contributed by atoms with Gasteiger partial charge in [0.25, 0.3) is 0 Å². The lowest BCUT2D eigenvalue weighted by atomic mass is 10.1. The van der Waals surface area contributed by atoms with Crippen LogP contribution in [0, 0.1) is 0 Å². The number of benzene rings is 1. The number of ether oxygens (including phenoxy) is 1. The summed E-state index contributed by atoms with van der Waals surface area (Å²) in [7, 11) is 1.67. The lowest BCUT2D eigenvalue weighted by molar-refractivity contribution is 0.410. The Bertz CT molecular complexity index is 527. The minimum absolute atomic E-state index is 0.0439. The van der Waals surface area contributed by atoms with Crippen LogP contribution in [0.25, 0.3) is 0 Å². The van der Waals surface area contributed by atoms with Crippen molar-refractivity contribution in [1.82, 2.24) is 0 Å². The molecule has 0 N–H and O–H groups in total. The maximum atomic E-state index is 6.15. The maximum absolute atomic E-state index is 6.15. The van der Waals surface area contributed by atoms with E-state index < -0.39 is 0 Å². The summed E-state index contributed by atoms with van der Waals surface area (Å²) in [5.41, 5.74) is 1.06. The Hall–Kier alpha value is -0.0300. The number of thiophene rings is 1. The minimum atomic E-state index is 0.0439. The number of hydrogen-bond acceptors (Lipinski definition) is 2. The smallest absolute Gasteiger partial charge is 0.123 e. The van der Waals surface area contributed by atoms with Gasteiger partial charge in [0.15, 0.2) is 0 Å². The molecule has 1 atom stereocenters. The molecule has 0 bridgehead atoms. The molecule has 17 heavy (non-hydrogen) atoms. The van der Waals surface area contributed by atoms with Crippen molar-refractivity contribution in [3.05, 3.63) is 49.6 Å². The van der Waals surface area contributed by atoms with E-state index in [1.807, 2.05) is 29.6 Å². The molecule has 1 aromatic carbocycles. The van der Waals surface area contributed by atoms with Gasteiger partial charge >= 0.3 is 0 Å². The van der Waals surface area contributed by atoms with Crippen molar-refractivity contribution in [2.75, 3.05) is 7.11 Å². The van der Waals surface area contributed by atoms with E-state index in [9.17, 15) is 0 Å². The Morgan fingerprint density at radius 1 is 1.35 bits per heavy atom. The Kier molecular flexibility index (Phi) is 4.53. The van der Waals surface area contributed by atoms with Crippen LogP contribution in [0.4, 0.5) is 0 Å². The predicted molar refractivity (Wildman–Crippen MR) is 80.8 cm³/mol. The van der Waals surface area contributed by atoms with Gasteiger partial charge in [-0.2, -0.15) is 0 Å². The van der Waals surface area contributed by atoms with Crippen LogP contribution in [-0.4, -0.2) is 7.11 Å². The largest absolute Gasteiger partial charge is 0.496 e. The maximum Gasteiger partial charge on any atom is 0.123 e. The molecule has 0 radical (unpaired) electrons. The molecular formula is C12H9Br2ClOS. The molecule has 1 aromatic heterocycles. The van der Waals surface area contributed by atoms with Gasteiger partial charge < -0.3 is 4.74 Å². The highest BCUT2D eigenvalue weighted by Crippen LogP contribution is 2.42. The lowest BCUT2D eigenvalue weighted by Crippen LogP contribution is -1.95. The molecule has 1 heterocycles. The standard InChI is InChI=1S/C12H9Br2ClOS/c1-16-10-3-2-7(13)6-8(10)11(14)12-9(15)4-5-17-12/h2-6,11H,1H3. The van der Waals surface area contributed by atoms with Crippen molar-refractivity contribution >= 4 is 54.8 Å². The molecule has 0 aliphatic carbocycles. The number of rotatable bonds is 3. The van der Waals surface area contributed by atoms with E-state index in [1.54, 1.807) is 18.4 Å². The quantitative estimate of drug-likeness (QED) is 0.609. The first-order chi connectivity index (χ1) is 8.13. The van der Waals surface area contributed by atoms with E-state index in [1.165, 1.54) is 0 Å². The van der Waals surface area contributed by atoms with Crippen molar-refractivity contribution in [1.29, 1.82) is 0 Å². The van der Waals surface area contributed by atoms with Crippen LogP contribution in [0.15, 0.2) is 34.1 Å². The zero-order chi connectivity index (χ0) is 12.4. The van der Waals surface area contributed by atoms with Gasteiger partial charge in [-0.1, -0.05) is 43.5 Å². The van der Waals surface area contributed by atoms with Gasteiger partial charge in [0.05, 0.1) is 17.0 Å². The van der Waals surface area contributed by atoms with E-state index in [0.717, 1.165) is 25.7 Å². The zero-order valence-electron chi connectivity index (χ0n) is 8.91. The van der Waals surface area contributed by atoms with Crippen molar-refractivity contribution < 1.29 is 4.74 Å². The molecule has 2 rings (SSSR count). The van der Waals surface area contributed by atoms with Crippen molar-refractivity contribution in [3.8, 4) is 5.75 Å². The van der Waals surface area contributed by atoms with Crippen molar-refractivity contribution in [3.63, 3.8) is 0 Å². The summed E-state index contributed by atoms with van der Waals surface area (Å²) in [4.78, 5) is 1.13. The van der Waals surface area contributed by atoms with Crippen molar-refractivity contribution in [2.24, 2.45) is 0 Å². The summed E-state index contributed by atoms with van der Waals surface area (Å²) < 4.78 is 6.39. The Morgan fingerprint density at radius 3 is 2.71 bits per heavy atom. The van der Waals surface area contributed by atoms with Gasteiger partial charge in [-0.25, -0.2) is 0 Å². The molecule has 1 nitrogen and oxygen atoms in total. The van der Waals surface area contributed by atoms with Gasteiger partial charge in [0.2, 0.25) is 0 Å². The highest BCUT2D eigenvalue weighted by molar-refractivity contribution is 9.10. The van der Waals surface area contributed by atoms with Crippen LogP contribution in [0.2, 0.25) is 5.02 Å². The number of methoxy groups -OCH3 is 1. The second-order valence-corrected chi connectivity index (χ2v) is 6.57. The first-order valence-electron chi connectivity index (χ1n) is 4.84. The fraction of sp³-hybridized carbons (Fsp3) is 0.167. The van der Waals surface area contributed by atoms with Crippen LogP contribution in [0.5, 0.6) is 5.75 Å². The van der Waals surface area contributed by atoms with Crippen LogP contribution >= 0.6 is 54.8 Å². The normalized spacial score (nSPS) is 12.5. The summed E-state index contributed by atoms with van der Waals surface area (Å²) in [6.07, 6.45) is 0. The Labute approximate surface area is 126 Å². The summed E-state index contributed by atoms with van der Waals surface area (Å²) in [5, 5.41) is 2.76. The second kappa shape index (κ2) is 5.74. The van der Waals surface area contributed by atoms with Crippen LogP contribution in [0.3, 0.4) is 0 Å². The highest BCUT2D eigenvalue weighted by atomic mass is 79.9. The Balaban J connectivity index is 2.46. The monoisotopic (exact) mass is 394 g/mol. The van der Waals surface area contributed by atoms with Gasteiger partial charge in [-0.3, -0.25) is 0 Å². The van der Waals surface area contributed by atoms with Crippen molar-refractivity contribution in [2.45, 2.75) is 4.83 Å². The highest BCUT2D eigenvalue weighted by Gasteiger charge is 2.19. The van der Waals surface area contributed by atoms with Gasteiger partial charge in [-0.05, 0) is 29.6 Å². The third kappa shape index (κ3) is 2.87. The molecule has 0 amide bonds. The van der Waals surface area contributed by atoms with Crippen LogP contribution in [0.1, 0.15) is 15.3 Å². The van der Waals surface area contributed by atoms with E-state index in [0.29, 0.717) is 0 Å². The molecular weight excluding hydrogens is 387 g/mol. The Morgan fingerprint density at radius 2 is 2.12 bits per heavy atom. The van der Waals surface area contributed by atoms with E-state index in [-0.39, 0.29) is 4.83 Å². The predicted octanol–water partition coefficient (Wildman–Crippen LogP) is 5.66. The minimum Gasteiger partial charge on any atom is -0.496 e. The topological polar surface area (TPSA) is 9.23 Å². The molecule has 0 spiro atoms. The first-order valence-corrected chi connectivity index (χ1v) is 7.80. The second-order valence-electron chi connectivity index (χ2n) is 3.38. The lowest BCUT2D eigenvalue weighted by Gasteiger charge is -2.14. The number of halogens is 3. The molecule has 0 aliphatic heterocycles. The molecule has 0 saturated carbocycles. The summed E-state index contributed by atoms with van der Waals surface area (Å²) >= 11 is 14.9. The number of hydrogen-bond donors (Lipinski definition) is 0. The van der Waals surface area contributed by atoms with Gasteiger partial charge in [0.1, 0.15) is 5.75 Å². The van der Waals surface area contributed by atoms with Crippen LogP contribution in [-0.2, 0) is 0 Å². The third-order valence-corrected chi connectivity index (χ3v) is 5.51. The first kappa shape index (κ1) is 13.4. The zero-order valence-corrected chi connectivity index (χ0v) is 13.7. The van der Waals surface area contributed by atoms with E-state index in [4.69, 9.17) is 16.3 Å². The third-order valence-electron chi connectivity index (χ3n) is 2.34. The molecule has 1 unspecified atom stereocenters. The number of alkyl halides is 1. The molecule has 0 saturated heterocycles. The SMILES string of the molecule is COc1ccc(Br)cc1C(Br)c1sccc1Cl. The summed E-state index contributed by atoms with van der Waals surface area (Å²) in [6.45, 7) is 0. The average Bonchev–Trinajstić information content (AvgIpc) is 2.74. The van der Waals surface area contributed by atoms with Gasteiger partial charge in [0, 0.05) is 14.9 Å². The molecule has 0 aliphatic rings. The van der Waals surface area contributed by atoms with E-state index in [2.05, 4.69) is 31.9 Å². The molecule has 2 aromatic rings. The molecule has 5 heteroatoms. The average molecular weight is 397 g/mol. The van der Waals surface area contributed by atoms with E-state index >= 15 is 0 Å². The molecule has 0 fully saturated rings. The van der Waals surface area contributed by atoms with Crippen LogP contribution < -0.4 is 4.74 Å². The molecule has 90 valence electrons. The fourth-order valence-corrected chi connectivity index (χ4v) is 4.13. The van der Waals surface area contributed by atoms with Gasteiger partial charge in [-0.15, -0.1) is 11.3 Å². The summed E-state index contributed by atoms with van der Waals surface area (Å²) in [6, 6.07) is 7.84.